The van der Waals surface area contributed by atoms with E-state index in [1.807, 2.05) is 0 Å². The Hall–Kier alpha value is -0.960. The topological polar surface area (TPSA) is 39.0 Å². The normalized spacial score (nSPS) is 11.4. The average Bonchev–Trinajstić information content (AvgIpc) is 2.05. The van der Waals surface area contributed by atoms with Crippen molar-refractivity contribution in [1.82, 2.24) is 0 Å². The molecule has 3 nitrogen and oxygen atoms in total. The van der Waals surface area contributed by atoms with Crippen molar-refractivity contribution in [3.63, 3.8) is 0 Å². The molecular weight excluding hydrogens is 200 g/mol. The number of aromatic nitrogens is 1. The number of pyridine rings is 1. The van der Waals surface area contributed by atoms with Crippen LogP contribution >= 0.6 is 11.6 Å². The van der Waals surface area contributed by atoms with E-state index in [0.717, 1.165) is 11.3 Å². The molecule has 14 heavy (non-hydrogen) atoms. The van der Waals surface area contributed by atoms with Gasteiger partial charge < -0.3 is 5.21 Å². The smallest absolute Gasteiger partial charge is 0.278 e. The SMILES string of the molecule is CC(C)(C)CNc1cc(Cl)cc[n+]1[O-]. The van der Waals surface area contributed by atoms with Crippen molar-refractivity contribution in [3.05, 3.63) is 28.6 Å². The molecule has 0 saturated carbocycles. The summed E-state index contributed by atoms with van der Waals surface area (Å²) < 4.78 is 0.775. The molecule has 0 aliphatic heterocycles. The minimum atomic E-state index is 0.134. The van der Waals surface area contributed by atoms with Gasteiger partial charge in [0.2, 0.25) is 0 Å². The van der Waals surface area contributed by atoms with Crippen LogP contribution in [0.25, 0.3) is 0 Å². The van der Waals surface area contributed by atoms with Crippen molar-refractivity contribution in [2.45, 2.75) is 20.8 Å². The summed E-state index contributed by atoms with van der Waals surface area (Å²) in [5.41, 5.74) is 0.134. The van der Waals surface area contributed by atoms with Gasteiger partial charge in [0.1, 0.15) is 0 Å². The zero-order chi connectivity index (χ0) is 10.8. The summed E-state index contributed by atoms with van der Waals surface area (Å²) in [6, 6.07) is 3.19. The van der Waals surface area contributed by atoms with Crippen molar-refractivity contribution < 1.29 is 4.73 Å². The van der Waals surface area contributed by atoms with Gasteiger partial charge in [-0.15, -0.1) is 0 Å². The molecule has 0 aromatic carbocycles. The molecule has 0 aliphatic rings. The first kappa shape index (κ1) is 11.1. The molecule has 0 saturated heterocycles. The van der Waals surface area contributed by atoms with Gasteiger partial charge in [0, 0.05) is 6.07 Å². The minimum Gasteiger partial charge on any atom is -0.711 e. The predicted molar refractivity (Wildman–Crippen MR) is 58.4 cm³/mol. The Morgan fingerprint density at radius 1 is 1.50 bits per heavy atom. The van der Waals surface area contributed by atoms with E-state index in [2.05, 4.69) is 26.1 Å². The molecule has 4 heteroatoms. The van der Waals surface area contributed by atoms with Crippen LogP contribution in [0.5, 0.6) is 0 Å². The molecule has 1 rings (SSSR count). The highest BCUT2D eigenvalue weighted by molar-refractivity contribution is 6.30. The minimum absolute atomic E-state index is 0.134. The molecule has 0 fully saturated rings. The lowest BCUT2D eigenvalue weighted by Gasteiger charge is -2.17. The molecule has 0 spiro atoms. The van der Waals surface area contributed by atoms with E-state index in [1.165, 1.54) is 6.20 Å². The Morgan fingerprint density at radius 3 is 2.71 bits per heavy atom. The van der Waals surface area contributed by atoms with Gasteiger partial charge in [-0.25, -0.2) is 4.73 Å². The Morgan fingerprint density at radius 2 is 2.14 bits per heavy atom. The largest absolute Gasteiger partial charge is 0.711 e. The van der Waals surface area contributed by atoms with E-state index in [-0.39, 0.29) is 5.41 Å². The van der Waals surface area contributed by atoms with Crippen LogP contribution < -0.4 is 10.0 Å². The third-order valence-corrected chi connectivity index (χ3v) is 1.92. The standard InChI is InChI=1S/C10H15ClN2O/c1-10(2,3)7-12-9-6-8(11)4-5-13(9)14/h4-6,12H,7H2,1-3H3. The summed E-state index contributed by atoms with van der Waals surface area (Å²) in [6.07, 6.45) is 1.40. The molecule has 0 bridgehead atoms. The Balaban J connectivity index is 2.72. The highest BCUT2D eigenvalue weighted by atomic mass is 35.5. The van der Waals surface area contributed by atoms with Crippen LogP contribution in [0.1, 0.15) is 20.8 Å². The van der Waals surface area contributed by atoms with Crippen LogP contribution in [-0.4, -0.2) is 6.54 Å². The summed E-state index contributed by atoms with van der Waals surface area (Å²) in [7, 11) is 0. The van der Waals surface area contributed by atoms with Gasteiger partial charge in [-0.05, 0) is 11.5 Å². The Bertz CT molecular complexity index is 320. The van der Waals surface area contributed by atoms with Gasteiger partial charge in [0.25, 0.3) is 5.82 Å². The lowest BCUT2D eigenvalue weighted by Crippen LogP contribution is -2.32. The average molecular weight is 215 g/mol. The highest BCUT2D eigenvalue weighted by Gasteiger charge is 2.14. The fourth-order valence-corrected chi connectivity index (χ4v) is 1.11. The van der Waals surface area contributed by atoms with E-state index < -0.39 is 0 Å². The van der Waals surface area contributed by atoms with Crippen LogP contribution in [0, 0.1) is 10.6 Å². The molecule has 1 aromatic heterocycles. The van der Waals surface area contributed by atoms with Crippen molar-refractivity contribution in [1.29, 1.82) is 0 Å². The fourth-order valence-electron chi connectivity index (χ4n) is 0.946. The first-order valence-corrected chi connectivity index (χ1v) is 4.89. The number of halogens is 1. The second kappa shape index (κ2) is 4.05. The summed E-state index contributed by atoms with van der Waals surface area (Å²) in [4.78, 5) is 0. The van der Waals surface area contributed by atoms with Crippen LogP contribution in [0.15, 0.2) is 18.3 Å². The van der Waals surface area contributed by atoms with Gasteiger partial charge in [-0.3, -0.25) is 5.32 Å². The van der Waals surface area contributed by atoms with E-state index in [1.54, 1.807) is 12.1 Å². The lowest BCUT2D eigenvalue weighted by molar-refractivity contribution is -0.590. The number of hydrogen-bond acceptors (Lipinski definition) is 2. The monoisotopic (exact) mass is 214 g/mol. The van der Waals surface area contributed by atoms with Gasteiger partial charge in [-0.2, -0.15) is 0 Å². The van der Waals surface area contributed by atoms with Gasteiger partial charge in [-0.1, -0.05) is 32.4 Å². The number of hydrogen-bond donors (Lipinski definition) is 1. The number of nitrogens with one attached hydrogen (secondary N) is 1. The van der Waals surface area contributed by atoms with Gasteiger partial charge in [0.05, 0.1) is 17.8 Å². The molecular formula is C10H15ClN2O. The van der Waals surface area contributed by atoms with E-state index in [9.17, 15) is 5.21 Å². The number of nitrogens with zero attached hydrogens (tertiary/aromatic N) is 1. The Kier molecular flexibility index (Phi) is 3.21. The van der Waals surface area contributed by atoms with Crippen molar-refractivity contribution in [3.8, 4) is 0 Å². The second-order valence-electron chi connectivity index (χ2n) is 4.47. The highest BCUT2D eigenvalue weighted by Crippen LogP contribution is 2.15. The molecule has 78 valence electrons. The Labute approximate surface area is 89.3 Å². The molecule has 0 aliphatic carbocycles. The van der Waals surface area contributed by atoms with Crippen LogP contribution in [-0.2, 0) is 0 Å². The first-order chi connectivity index (χ1) is 6.38. The summed E-state index contributed by atoms with van der Waals surface area (Å²) >= 11 is 5.77. The summed E-state index contributed by atoms with van der Waals surface area (Å²) in [6.45, 7) is 7.02. The molecule has 0 amide bonds. The molecule has 1 heterocycles. The summed E-state index contributed by atoms with van der Waals surface area (Å²) in [5.74, 6) is 0.493. The second-order valence-corrected chi connectivity index (χ2v) is 4.91. The van der Waals surface area contributed by atoms with Crippen LogP contribution in [0.3, 0.4) is 0 Å². The maximum absolute atomic E-state index is 11.3. The maximum Gasteiger partial charge on any atom is 0.278 e. The van der Waals surface area contributed by atoms with Crippen LogP contribution in [0.4, 0.5) is 5.82 Å². The van der Waals surface area contributed by atoms with E-state index >= 15 is 0 Å². The zero-order valence-electron chi connectivity index (χ0n) is 8.67. The molecule has 1 N–H and O–H groups in total. The number of anilines is 1. The number of rotatable bonds is 2. The third-order valence-electron chi connectivity index (χ3n) is 1.68. The zero-order valence-corrected chi connectivity index (χ0v) is 9.43. The van der Waals surface area contributed by atoms with Crippen molar-refractivity contribution >= 4 is 17.4 Å². The predicted octanol–water partition coefficient (Wildman–Crippen LogP) is 2.43. The van der Waals surface area contributed by atoms with Crippen molar-refractivity contribution in [2.75, 3.05) is 11.9 Å². The lowest BCUT2D eigenvalue weighted by atomic mass is 9.97. The maximum atomic E-state index is 11.3. The third kappa shape index (κ3) is 3.42. The van der Waals surface area contributed by atoms with E-state index in [4.69, 9.17) is 11.6 Å². The quantitative estimate of drug-likeness (QED) is 0.607. The van der Waals surface area contributed by atoms with Crippen molar-refractivity contribution in [2.24, 2.45) is 5.41 Å². The molecule has 0 atom stereocenters. The van der Waals surface area contributed by atoms with E-state index in [0.29, 0.717) is 10.8 Å². The van der Waals surface area contributed by atoms with Crippen LogP contribution in [0.2, 0.25) is 5.02 Å². The molecule has 0 radical (unpaired) electrons. The van der Waals surface area contributed by atoms with Gasteiger partial charge >= 0.3 is 0 Å². The molecule has 1 aromatic rings. The summed E-state index contributed by atoms with van der Waals surface area (Å²) in [5, 5.41) is 14.9. The van der Waals surface area contributed by atoms with Gasteiger partial charge in [0.15, 0.2) is 0 Å². The fraction of sp³-hybridized carbons (Fsp3) is 0.500. The first-order valence-electron chi connectivity index (χ1n) is 4.51. The molecule has 0 unspecified atom stereocenters.